The van der Waals surface area contributed by atoms with E-state index in [2.05, 4.69) is 10.3 Å². The van der Waals surface area contributed by atoms with Gasteiger partial charge in [0, 0.05) is 54.2 Å². The molecule has 1 N–H and O–H groups in total. The molecule has 33 heavy (non-hydrogen) atoms. The predicted octanol–water partition coefficient (Wildman–Crippen LogP) is 3.31. The van der Waals surface area contributed by atoms with Crippen LogP contribution in [0.5, 0.6) is 5.75 Å². The van der Waals surface area contributed by atoms with Crippen LogP contribution in [0.4, 0.5) is 8.78 Å². The second-order valence-electron chi connectivity index (χ2n) is 7.93. The largest absolute Gasteiger partial charge is 0.485 e. The molecule has 2 aliphatic heterocycles. The number of nitriles is 1. The van der Waals surface area contributed by atoms with Gasteiger partial charge < -0.3 is 10.1 Å². The number of hydrogen-bond donors (Lipinski definition) is 1. The quantitative estimate of drug-likeness (QED) is 0.578. The monoisotopic (exact) mass is 468 g/mol. The van der Waals surface area contributed by atoms with Crippen LogP contribution in [0, 0.1) is 17.1 Å². The fourth-order valence-corrected chi connectivity index (χ4v) is 5.21. The molecule has 0 saturated carbocycles. The van der Waals surface area contributed by atoms with E-state index in [-0.39, 0.29) is 55.6 Å². The fraction of sp³-hybridized carbons (Fsp3) is 0.304. The Kier molecular flexibility index (Phi) is 5.52. The number of ether oxygens (including phenoxy) is 1. The molecule has 0 aliphatic carbocycles. The van der Waals surface area contributed by atoms with E-state index in [1.54, 1.807) is 18.3 Å². The van der Waals surface area contributed by atoms with Crippen molar-refractivity contribution in [3.05, 3.63) is 46.7 Å². The number of imide groups is 1. The van der Waals surface area contributed by atoms with Gasteiger partial charge in [-0.05, 0) is 18.2 Å². The van der Waals surface area contributed by atoms with Gasteiger partial charge >= 0.3 is 0 Å². The molecule has 0 bridgehead atoms. The molecular formula is C23H18F2N4O3S. The number of nitrogens with one attached hydrogen (secondary N) is 1. The van der Waals surface area contributed by atoms with Gasteiger partial charge in [-0.15, -0.1) is 11.3 Å². The lowest BCUT2D eigenvalue weighted by Crippen LogP contribution is -2.27. The zero-order valence-corrected chi connectivity index (χ0v) is 18.1. The van der Waals surface area contributed by atoms with E-state index < -0.39 is 18.1 Å². The van der Waals surface area contributed by atoms with E-state index in [4.69, 9.17) is 4.74 Å². The first-order chi connectivity index (χ1) is 15.9. The molecular weight excluding hydrogens is 450 g/mol. The molecule has 10 heteroatoms. The zero-order valence-electron chi connectivity index (χ0n) is 17.3. The number of aromatic nitrogens is 1. The summed E-state index contributed by atoms with van der Waals surface area (Å²) in [7, 11) is 0. The Morgan fingerprint density at radius 2 is 2.00 bits per heavy atom. The Balaban J connectivity index is 1.58. The molecule has 4 heterocycles. The van der Waals surface area contributed by atoms with Gasteiger partial charge in [0.05, 0.1) is 22.3 Å². The van der Waals surface area contributed by atoms with Gasteiger partial charge in [0.2, 0.25) is 11.8 Å². The first-order valence-corrected chi connectivity index (χ1v) is 11.2. The Bertz CT molecular complexity index is 1300. The van der Waals surface area contributed by atoms with Crippen molar-refractivity contribution in [3.63, 3.8) is 0 Å². The van der Waals surface area contributed by atoms with Crippen molar-refractivity contribution in [2.24, 2.45) is 0 Å². The summed E-state index contributed by atoms with van der Waals surface area (Å²) in [4.78, 5) is 30.4. The third-order valence-corrected chi connectivity index (χ3v) is 6.92. The number of benzene rings is 1. The van der Waals surface area contributed by atoms with E-state index in [1.165, 1.54) is 22.3 Å². The highest BCUT2D eigenvalue weighted by molar-refractivity contribution is 7.19. The summed E-state index contributed by atoms with van der Waals surface area (Å²) in [5, 5.41) is 12.3. The number of pyridine rings is 1. The SMILES string of the molecule is N#Cc1cc(-c2ccnc3cc(CN4C(=O)CCC4=O)sc23)c(O[C@@H]2CNC[C@@H]2F)cc1F. The molecule has 7 nitrogen and oxygen atoms in total. The average molecular weight is 468 g/mol. The highest BCUT2D eigenvalue weighted by Crippen LogP contribution is 2.40. The number of carbonyl (C=O) groups excluding carboxylic acids is 2. The second kappa shape index (κ2) is 8.50. The maximum atomic E-state index is 14.4. The lowest BCUT2D eigenvalue weighted by Gasteiger charge is -2.19. The lowest BCUT2D eigenvalue weighted by molar-refractivity contribution is -0.138. The van der Waals surface area contributed by atoms with Crippen LogP contribution in [0.25, 0.3) is 21.3 Å². The molecule has 2 saturated heterocycles. The van der Waals surface area contributed by atoms with Gasteiger partial charge in [0.1, 0.15) is 23.7 Å². The number of carbonyl (C=O) groups is 2. The van der Waals surface area contributed by atoms with E-state index >= 15 is 0 Å². The van der Waals surface area contributed by atoms with E-state index in [1.807, 2.05) is 6.07 Å². The van der Waals surface area contributed by atoms with Crippen molar-refractivity contribution in [1.29, 1.82) is 5.26 Å². The molecule has 2 atom stereocenters. The number of fused-ring (bicyclic) bond motifs is 1. The lowest BCUT2D eigenvalue weighted by atomic mass is 10.0. The molecule has 2 amide bonds. The summed E-state index contributed by atoms with van der Waals surface area (Å²) >= 11 is 1.35. The number of amides is 2. The smallest absolute Gasteiger partial charge is 0.230 e. The first-order valence-electron chi connectivity index (χ1n) is 10.4. The molecule has 3 aromatic rings. The molecule has 2 fully saturated rings. The number of rotatable bonds is 5. The minimum atomic E-state index is -1.24. The number of alkyl halides is 1. The maximum absolute atomic E-state index is 14.4. The zero-order chi connectivity index (χ0) is 23.1. The molecule has 168 valence electrons. The van der Waals surface area contributed by atoms with Crippen molar-refractivity contribution in [2.75, 3.05) is 13.1 Å². The van der Waals surface area contributed by atoms with Gasteiger partial charge in [-0.25, -0.2) is 8.78 Å². The topological polar surface area (TPSA) is 95.3 Å². The maximum Gasteiger partial charge on any atom is 0.230 e. The van der Waals surface area contributed by atoms with Crippen LogP contribution < -0.4 is 10.1 Å². The number of halogens is 2. The number of nitrogens with zero attached hydrogens (tertiary/aromatic N) is 3. The summed E-state index contributed by atoms with van der Waals surface area (Å²) in [6.45, 7) is 0.598. The fourth-order valence-electron chi connectivity index (χ4n) is 4.08. The van der Waals surface area contributed by atoms with Gasteiger partial charge in [-0.3, -0.25) is 19.5 Å². The van der Waals surface area contributed by atoms with E-state index in [0.717, 1.165) is 15.6 Å². The summed E-state index contributed by atoms with van der Waals surface area (Å²) in [5.41, 5.74) is 1.56. The highest BCUT2D eigenvalue weighted by atomic mass is 32.1. The van der Waals surface area contributed by atoms with E-state index in [0.29, 0.717) is 16.6 Å². The van der Waals surface area contributed by atoms with E-state index in [9.17, 15) is 23.6 Å². The Morgan fingerprint density at radius 1 is 1.21 bits per heavy atom. The van der Waals surface area contributed by atoms with Crippen LogP contribution in [0.2, 0.25) is 0 Å². The number of likely N-dealkylation sites (tertiary alicyclic amines) is 1. The number of hydrogen-bond acceptors (Lipinski definition) is 7. The molecule has 2 aromatic heterocycles. The van der Waals surface area contributed by atoms with Gasteiger partial charge in [0.15, 0.2) is 6.17 Å². The summed E-state index contributed by atoms with van der Waals surface area (Å²) < 4.78 is 35.2. The molecule has 5 rings (SSSR count). The summed E-state index contributed by atoms with van der Waals surface area (Å²) in [5.74, 6) is -1.02. The van der Waals surface area contributed by atoms with Crippen molar-refractivity contribution in [3.8, 4) is 22.9 Å². The first kappa shape index (κ1) is 21.4. The number of thiophene rings is 1. The Labute approximate surface area is 191 Å². The molecule has 0 radical (unpaired) electrons. The Morgan fingerprint density at radius 3 is 2.70 bits per heavy atom. The minimum Gasteiger partial charge on any atom is -0.485 e. The third-order valence-electron chi connectivity index (χ3n) is 5.78. The second-order valence-corrected chi connectivity index (χ2v) is 9.07. The standard InChI is InChI=1S/C23H18F2N4O3S/c24-16-7-19(32-20-10-27-9-17(20)25)15(5-12(16)8-26)14-3-4-28-18-6-13(33-23(14)18)11-29-21(30)1-2-22(29)31/h3-7,17,20,27H,1-2,9-11H2/t17-,20+/m0/s1. The summed E-state index contributed by atoms with van der Waals surface area (Å²) in [6, 6.07) is 7.86. The normalized spacial score (nSPS) is 20.6. The molecule has 0 spiro atoms. The third kappa shape index (κ3) is 3.94. The highest BCUT2D eigenvalue weighted by Gasteiger charge is 2.31. The average Bonchev–Trinajstić information content (AvgIpc) is 3.49. The van der Waals surface area contributed by atoms with Crippen LogP contribution in [0.15, 0.2) is 30.5 Å². The van der Waals surface area contributed by atoms with Gasteiger partial charge in [-0.1, -0.05) is 0 Å². The van der Waals surface area contributed by atoms with Crippen LogP contribution in [-0.4, -0.2) is 47.1 Å². The molecule has 0 unspecified atom stereocenters. The minimum absolute atomic E-state index is 0.134. The van der Waals surface area contributed by atoms with Crippen LogP contribution in [0.3, 0.4) is 0 Å². The van der Waals surface area contributed by atoms with Gasteiger partial charge in [0.25, 0.3) is 0 Å². The predicted molar refractivity (Wildman–Crippen MR) is 117 cm³/mol. The summed E-state index contributed by atoms with van der Waals surface area (Å²) in [6.07, 6.45) is -0.00970. The van der Waals surface area contributed by atoms with Crippen molar-refractivity contribution >= 4 is 33.4 Å². The van der Waals surface area contributed by atoms with Gasteiger partial charge in [-0.2, -0.15) is 5.26 Å². The van der Waals surface area contributed by atoms with Crippen LogP contribution in [-0.2, 0) is 16.1 Å². The molecule has 2 aliphatic rings. The van der Waals surface area contributed by atoms with Crippen LogP contribution in [0.1, 0.15) is 23.3 Å². The van der Waals surface area contributed by atoms with Crippen molar-refractivity contribution in [1.82, 2.24) is 15.2 Å². The molecule has 1 aromatic carbocycles. The Hall–Kier alpha value is -3.42. The van der Waals surface area contributed by atoms with Crippen molar-refractivity contribution in [2.45, 2.75) is 31.7 Å². The van der Waals surface area contributed by atoms with Crippen molar-refractivity contribution < 1.29 is 23.1 Å². The van der Waals surface area contributed by atoms with Crippen LogP contribution >= 0.6 is 11.3 Å².